The normalized spacial score (nSPS) is 22.2. The lowest BCUT2D eigenvalue weighted by molar-refractivity contribution is 0.356. The van der Waals surface area contributed by atoms with Gasteiger partial charge in [0.1, 0.15) is 5.75 Å². The summed E-state index contributed by atoms with van der Waals surface area (Å²) in [6, 6.07) is 7.88. The molecule has 2 bridgehead atoms. The van der Waals surface area contributed by atoms with Crippen LogP contribution in [0.5, 0.6) is 5.75 Å². The van der Waals surface area contributed by atoms with Gasteiger partial charge in [-0.2, -0.15) is 0 Å². The van der Waals surface area contributed by atoms with Crippen LogP contribution in [0.3, 0.4) is 0 Å². The van der Waals surface area contributed by atoms with Crippen LogP contribution in [-0.2, 0) is 0 Å². The summed E-state index contributed by atoms with van der Waals surface area (Å²) < 4.78 is 5.28. The number of hydrogen-bond acceptors (Lipinski definition) is 3. The van der Waals surface area contributed by atoms with Gasteiger partial charge >= 0.3 is 0 Å². The summed E-state index contributed by atoms with van der Waals surface area (Å²) >= 11 is 0. The lowest BCUT2D eigenvalue weighted by Gasteiger charge is -2.38. The maximum absolute atomic E-state index is 12.3. The van der Waals surface area contributed by atoms with E-state index in [1.54, 1.807) is 7.11 Å². The summed E-state index contributed by atoms with van der Waals surface area (Å²) in [6.07, 6.45) is 6.54. The second-order valence-electron chi connectivity index (χ2n) is 6.26. The van der Waals surface area contributed by atoms with Crippen molar-refractivity contribution in [2.24, 2.45) is 0 Å². The van der Waals surface area contributed by atoms with E-state index in [4.69, 9.17) is 4.74 Å². The number of aromatic nitrogens is 1. The van der Waals surface area contributed by atoms with Crippen molar-refractivity contribution in [1.82, 2.24) is 4.98 Å². The Morgan fingerprint density at radius 2 is 1.86 bits per heavy atom. The van der Waals surface area contributed by atoms with Gasteiger partial charge in [0.05, 0.1) is 12.8 Å². The molecule has 2 aromatic rings. The van der Waals surface area contributed by atoms with Gasteiger partial charge in [0.25, 0.3) is 5.56 Å². The van der Waals surface area contributed by atoms with E-state index in [1.807, 2.05) is 30.5 Å². The number of nitrogens with one attached hydrogen (secondary N) is 2. The quantitative estimate of drug-likeness (QED) is 0.903. The van der Waals surface area contributed by atoms with Crippen LogP contribution in [0.1, 0.15) is 48.6 Å². The van der Waals surface area contributed by atoms with Crippen molar-refractivity contribution in [2.75, 3.05) is 12.4 Å². The average molecular weight is 296 g/mol. The van der Waals surface area contributed by atoms with E-state index in [0.717, 1.165) is 35.5 Å². The van der Waals surface area contributed by atoms with E-state index < -0.39 is 0 Å². The first kappa shape index (κ1) is 13.4. The number of hydrogen-bond donors (Lipinski definition) is 2. The Morgan fingerprint density at radius 1 is 1.14 bits per heavy atom. The summed E-state index contributed by atoms with van der Waals surface area (Å²) in [7, 11) is 1.67. The second-order valence-corrected chi connectivity index (χ2v) is 6.26. The maximum atomic E-state index is 12.3. The van der Waals surface area contributed by atoms with Gasteiger partial charge in [-0.1, -0.05) is 6.07 Å². The van der Waals surface area contributed by atoms with E-state index in [1.165, 1.54) is 18.4 Å². The molecule has 0 unspecified atom stereocenters. The van der Waals surface area contributed by atoms with Crippen LogP contribution in [0.15, 0.2) is 35.3 Å². The maximum Gasteiger partial charge on any atom is 0.251 e. The Hall–Kier alpha value is -2.23. The van der Waals surface area contributed by atoms with Crippen molar-refractivity contribution in [3.05, 3.63) is 51.9 Å². The fourth-order valence-electron chi connectivity index (χ4n) is 4.04. The van der Waals surface area contributed by atoms with Crippen molar-refractivity contribution in [2.45, 2.75) is 37.5 Å². The van der Waals surface area contributed by atoms with Gasteiger partial charge in [0.15, 0.2) is 0 Å². The van der Waals surface area contributed by atoms with E-state index >= 15 is 0 Å². The molecule has 1 heterocycles. The van der Waals surface area contributed by atoms with Crippen LogP contribution in [0.2, 0.25) is 0 Å². The number of benzene rings is 1. The molecule has 3 aliphatic rings. The first-order valence-corrected chi connectivity index (χ1v) is 7.93. The summed E-state index contributed by atoms with van der Waals surface area (Å²) in [5.41, 5.74) is 4.39. The molecule has 1 aromatic heterocycles. The molecular weight excluding hydrogens is 276 g/mol. The molecule has 5 rings (SSSR count). The Morgan fingerprint density at radius 3 is 2.59 bits per heavy atom. The number of H-pyrrole nitrogens is 1. The standard InChI is InChI=1S/C18H20N2O2/c1-22-14-4-2-3-13(9-14)20-15-10-19-18(21)17-12-7-5-11(6-8-12)16(15)17/h2-4,9-12,20H,5-8H2,1H3,(H,19,21). The van der Waals surface area contributed by atoms with Gasteiger partial charge < -0.3 is 15.0 Å². The summed E-state index contributed by atoms with van der Waals surface area (Å²) in [5, 5.41) is 3.47. The highest BCUT2D eigenvalue weighted by atomic mass is 16.5. The van der Waals surface area contributed by atoms with Crippen molar-refractivity contribution < 1.29 is 4.74 Å². The summed E-state index contributed by atoms with van der Waals surface area (Å²) in [5.74, 6) is 1.79. The van der Waals surface area contributed by atoms with Gasteiger partial charge in [-0.3, -0.25) is 4.79 Å². The molecule has 1 aromatic carbocycles. The highest BCUT2D eigenvalue weighted by Crippen LogP contribution is 2.50. The smallest absolute Gasteiger partial charge is 0.251 e. The molecule has 0 spiro atoms. The van der Waals surface area contributed by atoms with E-state index in [2.05, 4.69) is 10.3 Å². The third-order valence-electron chi connectivity index (χ3n) is 5.06. The lowest BCUT2D eigenvalue weighted by Crippen LogP contribution is -2.30. The van der Waals surface area contributed by atoms with Crippen LogP contribution in [-0.4, -0.2) is 12.1 Å². The van der Waals surface area contributed by atoms with Crippen LogP contribution < -0.4 is 15.6 Å². The first-order chi connectivity index (χ1) is 10.8. The van der Waals surface area contributed by atoms with Crippen molar-refractivity contribution in [3.63, 3.8) is 0 Å². The molecule has 2 N–H and O–H groups in total. The fourth-order valence-corrected chi connectivity index (χ4v) is 4.04. The molecule has 0 radical (unpaired) electrons. The zero-order valence-electron chi connectivity index (χ0n) is 12.7. The molecule has 3 aliphatic carbocycles. The predicted molar refractivity (Wildman–Crippen MR) is 87.3 cm³/mol. The lowest BCUT2D eigenvalue weighted by atomic mass is 9.67. The third-order valence-corrected chi connectivity index (χ3v) is 5.06. The van der Waals surface area contributed by atoms with Gasteiger partial charge in [0.2, 0.25) is 0 Å². The molecule has 0 amide bonds. The summed E-state index contributed by atoms with van der Waals surface area (Å²) in [6.45, 7) is 0. The zero-order valence-corrected chi connectivity index (χ0v) is 12.7. The van der Waals surface area contributed by atoms with Gasteiger partial charge in [-0.25, -0.2) is 0 Å². The monoisotopic (exact) mass is 296 g/mol. The zero-order chi connectivity index (χ0) is 15.1. The number of fused-ring (bicyclic) bond motifs is 2. The minimum absolute atomic E-state index is 0.0978. The summed E-state index contributed by atoms with van der Waals surface area (Å²) in [4.78, 5) is 15.2. The number of aromatic amines is 1. The van der Waals surface area contributed by atoms with E-state index in [0.29, 0.717) is 11.8 Å². The molecule has 22 heavy (non-hydrogen) atoms. The Labute approximate surface area is 129 Å². The van der Waals surface area contributed by atoms with Crippen molar-refractivity contribution in [1.29, 1.82) is 0 Å². The van der Waals surface area contributed by atoms with Crippen LogP contribution in [0, 0.1) is 0 Å². The Kier molecular flexibility index (Phi) is 3.17. The highest BCUT2D eigenvalue weighted by Gasteiger charge is 2.36. The molecule has 4 nitrogen and oxygen atoms in total. The molecular formula is C18H20N2O2. The van der Waals surface area contributed by atoms with Gasteiger partial charge in [0, 0.05) is 23.5 Å². The minimum Gasteiger partial charge on any atom is -0.497 e. The van der Waals surface area contributed by atoms with E-state index in [9.17, 15) is 4.79 Å². The molecule has 0 saturated heterocycles. The predicted octanol–water partition coefficient (Wildman–Crippen LogP) is 3.88. The topological polar surface area (TPSA) is 54.1 Å². The fraction of sp³-hybridized carbons (Fsp3) is 0.389. The second kappa shape index (κ2) is 5.20. The largest absolute Gasteiger partial charge is 0.497 e. The molecule has 1 saturated carbocycles. The molecule has 114 valence electrons. The van der Waals surface area contributed by atoms with Crippen LogP contribution in [0.25, 0.3) is 0 Å². The molecule has 0 atom stereocenters. The first-order valence-electron chi connectivity index (χ1n) is 7.93. The number of methoxy groups -OCH3 is 1. The Bertz CT molecular complexity index is 758. The third kappa shape index (κ3) is 2.10. The number of ether oxygens (including phenoxy) is 1. The molecule has 4 heteroatoms. The van der Waals surface area contributed by atoms with Gasteiger partial charge in [-0.15, -0.1) is 0 Å². The molecule has 1 fully saturated rings. The SMILES string of the molecule is COc1cccc(Nc2c[nH]c(=O)c3c2C2CCC3CC2)c1. The van der Waals surface area contributed by atoms with Crippen LogP contribution in [0.4, 0.5) is 11.4 Å². The van der Waals surface area contributed by atoms with Crippen molar-refractivity contribution >= 4 is 11.4 Å². The minimum atomic E-state index is 0.0978. The number of rotatable bonds is 3. The Balaban J connectivity index is 1.77. The number of anilines is 2. The number of pyridine rings is 1. The average Bonchev–Trinajstić information content (AvgIpc) is 2.58. The van der Waals surface area contributed by atoms with E-state index in [-0.39, 0.29) is 5.56 Å². The van der Waals surface area contributed by atoms with Crippen molar-refractivity contribution in [3.8, 4) is 5.75 Å². The van der Waals surface area contributed by atoms with Gasteiger partial charge in [-0.05, 0) is 55.2 Å². The highest BCUT2D eigenvalue weighted by molar-refractivity contribution is 5.66. The molecule has 0 aliphatic heterocycles. The van der Waals surface area contributed by atoms with Crippen LogP contribution >= 0.6 is 0 Å².